The Morgan fingerprint density at radius 1 is 0.727 bits per heavy atom. The van der Waals surface area contributed by atoms with Gasteiger partial charge in [-0.25, -0.2) is 24.1 Å². The van der Waals surface area contributed by atoms with Crippen LogP contribution in [-0.4, -0.2) is 93.2 Å². The maximum atomic E-state index is 12.2. The Kier molecular flexibility index (Phi) is 12.3. The van der Waals surface area contributed by atoms with E-state index in [1.54, 1.807) is 49.6 Å². The molecule has 1 N–H and O–H groups in total. The number of aromatic nitrogens is 10. The van der Waals surface area contributed by atoms with Crippen molar-refractivity contribution in [3.05, 3.63) is 93.3 Å². The fourth-order valence-corrected chi connectivity index (χ4v) is 8.07. The monoisotopic (exact) mass is 784 g/mol. The zero-order valence-corrected chi connectivity index (χ0v) is 32.7. The Morgan fingerprint density at radius 2 is 1.20 bits per heavy atom. The van der Waals surface area contributed by atoms with E-state index in [-0.39, 0.29) is 6.09 Å². The maximum absolute atomic E-state index is 12.2. The van der Waals surface area contributed by atoms with E-state index in [0.29, 0.717) is 38.1 Å². The molecule has 0 atom stereocenters. The number of thiazole rings is 2. The number of ether oxygens (including phenoxy) is 3. The van der Waals surface area contributed by atoms with E-state index in [2.05, 4.69) is 41.7 Å². The zero-order chi connectivity index (χ0) is 38.0. The molecule has 0 aliphatic carbocycles. The molecular weight excluding hydrogens is 741 g/mol. The molecule has 1 amide bonds. The fourth-order valence-electron chi connectivity index (χ4n) is 6.12. The van der Waals surface area contributed by atoms with Crippen molar-refractivity contribution in [2.45, 2.75) is 77.1 Å². The van der Waals surface area contributed by atoms with Crippen LogP contribution in [0.1, 0.15) is 79.7 Å². The molecule has 2 aromatic carbocycles. The summed E-state index contributed by atoms with van der Waals surface area (Å²) in [4.78, 5) is 23.5. The lowest BCUT2D eigenvalue weighted by Crippen LogP contribution is -2.41. The lowest BCUT2D eigenvalue weighted by Gasteiger charge is -2.32. The van der Waals surface area contributed by atoms with Gasteiger partial charge in [-0.2, -0.15) is 0 Å². The lowest BCUT2D eigenvalue weighted by atomic mass is 9.98. The van der Waals surface area contributed by atoms with Gasteiger partial charge < -0.3 is 24.4 Å². The summed E-state index contributed by atoms with van der Waals surface area (Å²) in [5.74, 6) is 2.54. The molecule has 4 aromatic heterocycles. The number of nitrogens with zero attached hydrogens (tertiary/aromatic N) is 11. The number of hydrogen-bond acceptors (Lipinski definition) is 15. The van der Waals surface area contributed by atoms with Crippen LogP contribution in [-0.2, 0) is 18.0 Å². The maximum Gasteiger partial charge on any atom is 0.410 e. The molecule has 0 saturated carbocycles. The van der Waals surface area contributed by atoms with Gasteiger partial charge in [0.15, 0.2) is 0 Å². The Morgan fingerprint density at radius 3 is 1.64 bits per heavy atom. The number of rotatable bonds is 10. The molecule has 6 heterocycles. The minimum Gasteiger partial charge on any atom is -0.487 e. The number of carbonyl (C=O) groups is 1. The van der Waals surface area contributed by atoms with Crippen LogP contribution in [0.3, 0.4) is 0 Å². The first-order valence-electron chi connectivity index (χ1n) is 18.3. The second-order valence-corrected chi connectivity index (χ2v) is 16.0. The van der Waals surface area contributed by atoms with Crippen molar-refractivity contribution < 1.29 is 19.0 Å². The molecule has 0 radical (unpaired) electrons. The number of carbonyl (C=O) groups excluding carboxylic acids is 1. The molecular formula is C37H44N12O4S2. The van der Waals surface area contributed by atoms with E-state index in [1.165, 1.54) is 17.8 Å². The van der Waals surface area contributed by atoms with Gasteiger partial charge in [0.2, 0.25) is 0 Å². The highest BCUT2D eigenvalue weighted by Gasteiger charge is 2.29. The van der Waals surface area contributed by atoms with Crippen LogP contribution in [0.2, 0.25) is 0 Å². The molecule has 0 bridgehead atoms. The molecule has 18 heteroatoms. The minimum absolute atomic E-state index is 0.231. The first-order valence-corrected chi connectivity index (χ1v) is 20.0. The third-order valence-corrected chi connectivity index (χ3v) is 11.1. The van der Waals surface area contributed by atoms with Gasteiger partial charge >= 0.3 is 6.09 Å². The first-order chi connectivity index (χ1) is 26.8. The topological polar surface area (TPSA) is 173 Å². The summed E-state index contributed by atoms with van der Waals surface area (Å²) in [5, 5.41) is 32.1. The standard InChI is InChI=1S/C21H26N6O3S.C16H18N6OS/c1-21(2,3)30-20(28)26-10-8-15(9-11-26)19-23-16(13-31-19)12-29-18-6-4-17(5-7-18)27-14-22-24-25-27;1-3-15(4-2-14(1)22-11-18-20-21-22)23-9-13-10-24-16(19-13)12-5-7-17-8-6-12/h4-7,13-15H,8-12H2,1-3H3;1-4,10-12,17H,5-9H2. The van der Waals surface area contributed by atoms with Crippen molar-refractivity contribution in [2.24, 2.45) is 0 Å². The van der Waals surface area contributed by atoms with Crippen LogP contribution in [0.4, 0.5) is 4.79 Å². The average molecular weight is 785 g/mol. The number of piperidine rings is 2. The highest BCUT2D eigenvalue weighted by Crippen LogP contribution is 2.32. The van der Waals surface area contributed by atoms with Crippen molar-refractivity contribution >= 4 is 28.8 Å². The fraction of sp³-hybridized carbons (Fsp3) is 0.432. The Bertz CT molecular complexity index is 2050. The molecule has 2 aliphatic rings. The summed E-state index contributed by atoms with van der Waals surface area (Å²) in [6.07, 6.45) is 7.01. The molecule has 8 rings (SSSR count). The van der Waals surface area contributed by atoms with Crippen molar-refractivity contribution in [3.63, 3.8) is 0 Å². The van der Waals surface area contributed by atoms with Gasteiger partial charge in [-0.15, -0.1) is 32.9 Å². The second kappa shape index (κ2) is 17.9. The van der Waals surface area contributed by atoms with Crippen LogP contribution >= 0.6 is 22.7 Å². The van der Waals surface area contributed by atoms with Crippen molar-refractivity contribution in [1.29, 1.82) is 0 Å². The molecule has 2 aliphatic heterocycles. The number of tetrazole rings is 2. The van der Waals surface area contributed by atoms with Crippen LogP contribution in [0, 0.1) is 0 Å². The van der Waals surface area contributed by atoms with E-state index in [4.69, 9.17) is 24.2 Å². The van der Waals surface area contributed by atoms with Gasteiger partial charge in [0.05, 0.1) is 32.8 Å². The van der Waals surface area contributed by atoms with E-state index >= 15 is 0 Å². The van der Waals surface area contributed by atoms with Crippen molar-refractivity contribution in [3.8, 4) is 22.9 Å². The summed E-state index contributed by atoms with van der Waals surface area (Å²) in [6, 6.07) is 15.2. The third kappa shape index (κ3) is 10.7. The van der Waals surface area contributed by atoms with Gasteiger partial charge in [-0.3, -0.25) is 0 Å². The molecule has 0 spiro atoms. The van der Waals surface area contributed by atoms with E-state index in [1.807, 2.05) is 74.7 Å². The number of hydrogen-bond donors (Lipinski definition) is 1. The van der Waals surface area contributed by atoms with E-state index in [0.717, 1.165) is 65.2 Å². The molecule has 2 saturated heterocycles. The highest BCUT2D eigenvalue weighted by atomic mass is 32.1. The second-order valence-electron chi connectivity index (χ2n) is 14.2. The van der Waals surface area contributed by atoms with Crippen molar-refractivity contribution in [1.82, 2.24) is 60.6 Å². The number of nitrogens with one attached hydrogen (secondary N) is 1. The van der Waals surface area contributed by atoms with Gasteiger partial charge in [0.1, 0.15) is 43.0 Å². The number of benzene rings is 2. The molecule has 6 aromatic rings. The van der Waals surface area contributed by atoms with Gasteiger partial charge in [0, 0.05) is 35.7 Å². The predicted molar refractivity (Wildman–Crippen MR) is 206 cm³/mol. The van der Waals surface area contributed by atoms with E-state index < -0.39 is 5.60 Å². The normalized spacial score (nSPS) is 15.3. The summed E-state index contributed by atoms with van der Waals surface area (Å²) < 4.78 is 20.4. The SMILES string of the molecule is CC(C)(C)OC(=O)N1CCC(c2nc(COc3ccc(-n4cnnn4)cc3)cs2)CC1.c1cc(-n2cnnn2)ccc1OCc1csc(C2CCNCC2)n1. The van der Waals surface area contributed by atoms with Crippen LogP contribution < -0.4 is 14.8 Å². The van der Waals surface area contributed by atoms with Crippen LogP contribution in [0.15, 0.2) is 71.9 Å². The summed E-state index contributed by atoms with van der Waals surface area (Å²) >= 11 is 3.41. The number of amides is 1. The molecule has 288 valence electrons. The summed E-state index contributed by atoms with van der Waals surface area (Å²) in [7, 11) is 0. The van der Waals surface area contributed by atoms with Crippen LogP contribution in [0.5, 0.6) is 11.5 Å². The molecule has 55 heavy (non-hydrogen) atoms. The first kappa shape index (κ1) is 38.0. The number of likely N-dealkylation sites (tertiary alicyclic amines) is 1. The third-order valence-electron chi connectivity index (χ3n) is 9.00. The Balaban J connectivity index is 0.000000174. The van der Waals surface area contributed by atoms with Crippen LogP contribution in [0.25, 0.3) is 11.4 Å². The summed E-state index contributed by atoms with van der Waals surface area (Å²) in [6.45, 7) is 10.1. The summed E-state index contributed by atoms with van der Waals surface area (Å²) in [5.41, 5.74) is 3.21. The van der Waals surface area contributed by atoms with Gasteiger partial charge in [-0.1, -0.05) is 0 Å². The predicted octanol–water partition coefficient (Wildman–Crippen LogP) is 5.98. The smallest absolute Gasteiger partial charge is 0.410 e. The zero-order valence-electron chi connectivity index (χ0n) is 31.0. The van der Waals surface area contributed by atoms with Gasteiger partial charge in [-0.05, 0) is 129 Å². The van der Waals surface area contributed by atoms with Crippen molar-refractivity contribution in [2.75, 3.05) is 26.2 Å². The Hall–Kier alpha value is -5.33. The minimum atomic E-state index is -0.466. The highest BCUT2D eigenvalue weighted by molar-refractivity contribution is 7.10. The molecule has 16 nitrogen and oxygen atoms in total. The Labute approximate surface area is 326 Å². The molecule has 0 unspecified atom stereocenters. The van der Waals surface area contributed by atoms with Gasteiger partial charge in [0.25, 0.3) is 0 Å². The largest absolute Gasteiger partial charge is 0.487 e. The quantitative estimate of drug-likeness (QED) is 0.172. The lowest BCUT2D eigenvalue weighted by molar-refractivity contribution is 0.0204. The molecule has 2 fully saturated rings. The van der Waals surface area contributed by atoms with E-state index in [9.17, 15) is 4.79 Å². The average Bonchev–Trinajstić information content (AvgIpc) is 4.05.